The molecule has 4 heteroatoms. The molecule has 0 bridgehead atoms. The quantitative estimate of drug-likeness (QED) is 0.508. The molecule has 0 spiro atoms. The minimum Gasteiger partial charge on any atom is -0.530 e. The van der Waals surface area contributed by atoms with Gasteiger partial charge in [-0.05, 0) is 18.9 Å². The van der Waals surface area contributed by atoms with Gasteiger partial charge >= 0.3 is 0 Å². The number of carbonyl (C=O) groups excluding carboxylic acids is 1. The predicted octanol–water partition coefficient (Wildman–Crippen LogP) is -1.08. The van der Waals surface area contributed by atoms with Gasteiger partial charge in [0.2, 0.25) is 0 Å². The summed E-state index contributed by atoms with van der Waals surface area (Å²) in [7, 11) is 0. The lowest BCUT2D eigenvalue weighted by molar-refractivity contribution is -0.252. The van der Waals surface area contributed by atoms with Crippen molar-refractivity contribution < 1.29 is 9.90 Å². The maximum Gasteiger partial charge on any atom is 0.134 e. The molecule has 1 saturated heterocycles. The molecule has 4 nitrogen and oxygen atoms in total. The van der Waals surface area contributed by atoms with E-state index in [0.717, 1.165) is 19.5 Å². The van der Waals surface area contributed by atoms with Crippen molar-refractivity contribution in [1.82, 2.24) is 10.6 Å². The lowest BCUT2D eigenvalue weighted by Gasteiger charge is -2.31. The van der Waals surface area contributed by atoms with E-state index in [9.17, 15) is 9.90 Å². The highest BCUT2D eigenvalue weighted by Gasteiger charge is 2.19. The molecule has 11 heavy (non-hydrogen) atoms. The van der Waals surface area contributed by atoms with Gasteiger partial charge in [0, 0.05) is 12.6 Å². The topological polar surface area (TPSA) is 64.2 Å². The minimum atomic E-state index is -1.18. The smallest absolute Gasteiger partial charge is 0.134 e. The van der Waals surface area contributed by atoms with Crippen LogP contribution in [-0.2, 0) is 0 Å². The zero-order valence-electron chi connectivity index (χ0n) is 6.59. The van der Waals surface area contributed by atoms with Gasteiger partial charge in [-0.1, -0.05) is 6.92 Å². The number of carboxylic acid groups (broad SMARTS) is 1. The van der Waals surface area contributed by atoms with Crippen LogP contribution in [0.3, 0.4) is 0 Å². The van der Waals surface area contributed by atoms with Crippen molar-refractivity contribution in [3.63, 3.8) is 0 Å². The highest BCUT2D eigenvalue weighted by Crippen LogP contribution is 2.10. The molecule has 0 radical (unpaired) electrons. The Labute approximate surface area is 66.0 Å². The average molecular weight is 157 g/mol. The van der Waals surface area contributed by atoms with Crippen LogP contribution in [0.4, 0.5) is 4.79 Å². The first-order valence-electron chi connectivity index (χ1n) is 3.88. The summed E-state index contributed by atoms with van der Waals surface area (Å²) in [6.07, 6.45) is -0.157. The molecule has 1 amide bonds. The van der Waals surface area contributed by atoms with Gasteiger partial charge in [0.25, 0.3) is 0 Å². The monoisotopic (exact) mass is 157 g/mol. The molecular weight excluding hydrogens is 144 g/mol. The van der Waals surface area contributed by atoms with Gasteiger partial charge in [0.05, 0.1) is 0 Å². The Morgan fingerprint density at radius 3 is 3.00 bits per heavy atom. The maximum absolute atomic E-state index is 10.2. The van der Waals surface area contributed by atoms with E-state index in [0.29, 0.717) is 5.92 Å². The van der Waals surface area contributed by atoms with E-state index >= 15 is 0 Å². The summed E-state index contributed by atoms with van der Waals surface area (Å²) < 4.78 is 0. The molecule has 1 rings (SSSR count). The fraction of sp³-hybridized carbons (Fsp3) is 0.857. The van der Waals surface area contributed by atoms with Crippen molar-refractivity contribution in [2.24, 2.45) is 5.92 Å². The van der Waals surface area contributed by atoms with E-state index in [-0.39, 0.29) is 6.04 Å². The Kier molecular flexibility index (Phi) is 2.70. The maximum atomic E-state index is 10.2. The van der Waals surface area contributed by atoms with E-state index < -0.39 is 6.09 Å². The molecule has 1 heterocycles. The first kappa shape index (κ1) is 8.33. The molecular formula is C7H13N2O2-. The summed E-state index contributed by atoms with van der Waals surface area (Å²) >= 11 is 0. The van der Waals surface area contributed by atoms with E-state index in [1.807, 2.05) is 6.92 Å². The van der Waals surface area contributed by atoms with Gasteiger partial charge in [-0.3, -0.25) is 0 Å². The summed E-state index contributed by atoms with van der Waals surface area (Å²) in [6.45, 7) is 3.74. The van der Waals surface area contributed by atoms with E-state index in [2.05, 4.69) is 10.6 Å². The minimum absolute atomic E-state index is 0.0220. The molecule has 0 aliphatic carbocycles. The number of carbonyl (C=O) groups is 1. The van der Waals surface area contributed by atoms with Crippen LogP contribution in [0.2, 0.25) is 0 Å². The zero-order valence-corrected chi connectivity index (χ0v) is 6.59. The fourth-order valence-corrected chi connectivity index (χ4v) is 1.33. The summed E-state index contributed by atoms with van der Waals surface area (Å²) in [5.41, 5.74) is 0. The lowest BCUT2D eigenvalue weighted by Crippen LogP contribution is -2.53. The number of hydrogen-bond donors (Lipinski definition) is 2. The Bertz CT molecular complexity index is 149. The van der Waals surface area contributed by atoms with E-state index in [1.165, 1.54) is 0 Å². The Balaban J connectivity index is 2.35. The normalized spacial score (nSPS) is 31.4. The standard InChI is InChI=1S/C7H14N2O2/c1-5-2-3-8-4-6(5)9-7(10)11/h5-6,8-9H,2-4H2,1H3,(H,10,11)/p-1. The third-order valence-electron chi connectivity index (χ3n) is 2.13. The molecule has 1 aliphatic heterocycles. The van der Waals surface area contributed by atoms with Gasteiger partial charge in [0.15, 0.2) is 0 Å². The Morgan fingerprint density at radius 1 is 1.73 bits per heavy atom. The van der Waals surface area contributed by atoms with Gasteiger partial charge < -0.3 is 20.5 Å². The van der Waals surface area contributed by atoms with E-state index in [4.69, 9.17) is 0 Å². The second kappa shape index (κ2) is 3.57. The van der Waals surface area contributed by atoms with Crippen LogP contribution in [0, 0.1) is 5.92 Å². The highest BCUT2D eigenvalue weighted by molar-refractivity contribution is 5.62. The second-order valence-electron chi connectivity index (χ2n) is 3.01. The van der Waals surface area contributed by atoms with Crippen molar-refractivity contribution in [2.45, 2.75) is 19.4 Å². The number of hydrogen-bond acceptors (Lipinski definition) is 3. The van der Waals surface area contributed by atoms with Crippen LogP contribution in [0.1, 0.15) is 13.3 Å². The van der Waals surface area contributed by atoms with Crippen LogP contribution in [0.15, 0.2) is 0 Å². The van der Waals surface area contributed by atoms with Gasteiger partial charge in [-0.2, -0.15) is 0 Å². The van der Waals surface area contributed by atoms with Crippen molar-refractivity contribution in [2.75, 3.05) is 13.1 Å². The summed E-state index contributed by atoms with van der Waals surface area (Å²) in [6, 6.07) is 0.0220. The third-order valence-corrected chi connectivity index (χ3v) is 2.13. The molecule has 0 aromatic carbocycles. The number of amides is 1. The molecule has 64 valence electrons. The van der Waals surface area contributed by atoms with Crippen LogP contribution in [0.5, 0.6) is 0 Å². The average Bonchev–Trinajstić information content (AvgIpc) is 1.93. The van der Waals surface area contributed by atoms with Crippen molar-refractivity contribution in [1.29, 1.82) is 0 Å². The molecule has 1 aliphatic rings. The number of piperidine rings is 1. The molecule has 2 atom stereocenters. The SMILES string of the molecule is CC1CCNCC1NC(=O)[O-]. The molecule has 2 unspecified atom stereocenters. The molecule has 0 aromatic heterocycles. The molecule has 2 N–H and O–H groups in total. The summed E-state index contributed by atoms with van der Waals surface area (Å²) in [5, 5.41) is 15.7. The molecule has 0 saturated carbocycles. The van der Waals surface area contributed by atoms with Crippen LogP contribution in [0.25, 0.3) is 0 Å². The number of nitrogens with one attached hydrogen (secondary N) is 2. The van der Waals surface area contributed by atoms with Crippen molar-refractivity contribution >= 4 is 6.09 Å². The van der Waals surface area contributed by atoms with Gasteiger partial charge in [0.1, 0.15) is 6.09 Å². The number of rotatable bonds is 1. The third kappa shape index (κ3) is 2.38. The highest BCUT2D eigenvalue weighted by atomic mass is 16.4. The van der Waals surface area contributed by atoms with E-state index in [1.54, 1.807) is 0 Å². The first-order valence-corrected chi connectivity index (χ1v) is 3.88. The lowest BCUT2D eigenvalue weighted by atomic mass is 9.95. The van der Waals surface area contributed by atoms with Gasteiger partial charge in [-0.15, -0.1) is 0 Å². The van der Waals surface area contributed by atoms with Crippen LogP contribution >= 0.6 is 0 Å². The second-order valence-corrected chi connectivity index (χ2v) is 3.01. The summed E-state index contributed by atoms with van der Waals surface area (Å²) in [4.78, 5) is 10.2. The first-order chi connectivity index (χ1) is 5.20. The zero-order chi connectivity index (χ0) is 8.27. The van der Waals surface area contributed by atoms with Crippen LogP contribution in [-0.4, -0.2) is 25.2 Å². The largest absolute Gasteiger partial charge is 0.530 e. The van der Waals surface area contributed by atoms with Crippen molar-refractivity contribution in [3.05, 3.63) is 0 Å². The summed E-state index contributed by atoms with van der Waals surface area (Å²) in [5.74, 6) is 0.411. The molecule has 1 fully saturated rings. The predicted molar refractivity (Wildman–Crippen MR) is 39.0 cm³/mol. The van der Waals surface area contributed by atoms with Crippen LogP contribution < -0.4 is 15.7 Å². The van der Waals surface area contributed by atoms with Gasteiger partial charge in [-0.25, -0.2) is 0 Å². The molecule has 0 aromatic rings. The Hall–Kier alpha value is -0.770. The van der Waals surface area contributed by atoms with Crippen molar-refractivity contribution in [3.8, 4) is 0 Å². The fourth-order valence-electron chi connectivity index (χ4n) is 1.33. The Morgan fingerprint density at radius 2 is 2.45 bits per heavy atom.